The zero-order valence-corrected chi connectivity index (χ0v) is 15.9. The third-order valence-corrected chi connectivity index (χ3v) is 6.58. The van der Waals surface area contributed by atoms with Crippen molar-refractivity contribution in [3.8, 4) is 0 Å². The van der Waals surface area contributed by atoms with E-state index in [0.717, 1.165) is 18.4 Å². The summed E-state index contributed by atoms with van der Waals surface area (Å²) in [7, 11) is 0. The molecule has 1 spiro atoms. The summed E-state index contributed by atoms with van der Waals surface area (Å²) in [5.41, 5.74) is 3.85. The van der Waals surface area contributed by atoms with E-state index >= 15 is 0 Å². The van der Waals surface area contributed by atoms with E-state index in [2.05, 4.69) is 43.3 Å². The lowest BCUT2D eigenvalue weighted by Gasteiger charge is -2.07. The Labute approximate surface area is 165 Å². The van der Waals surface area contributed by atoms with Crippen LogP contribution < -0.4 is 0 Å². The van der Waals surface area contributed by atoms with Gasteiger partial charge in [0.05, 0.1) is 0 Å². The molecule has 0 aromatic heterocycles. The number of rotatable bonds is 4. The van der Waals surface area contributed by atoms with Crippen molar-refractivity contribution in [2.24, 2.45) is 11.3 Å². The van der Waals surface area contributed by atoms with Gasteiger partial charge in [-0.2, -0.15) is 0 Å². The Bertz CT molecular complexity index is 1030. The molecule has 2 nitrogen and oxygen atoms in total. The van der Waals surface area contributed by atoms with E-state index < -0.39 is 5.41 Å². The molecule has 0 amide bonds. The Kier molecular flexibility index (Phi) is 3.83. The number of hydrogen-bond donors (Lipinski definition) is 0. The molecule has 138 valence electrons. The topological polar surface area (TPSA) is 34.1 Å². The number of benzene rings is 3. The van der Waals surface area contributed by atoms with Crippen LogP contribution in [0.25, 0.3) is 0 Å². The van der Waals surface area contributed by atoms with Gasteiger partial charge < -0.3 is 0 Å². The van der Waals surface area contributed by atoms with Crippen molar-refractivity contribution in [3.63, 3.8) is 0 Å². The third kappa shape index (κ3) is 2.27. The van der Waals surface area contributed by atoms with Gasteiger partial charge in [0, 0.05) is 17.0 Å². The molecule has 3 aromatic rings. The van der Waals surface area contributed by atoms with Gasteiger partial charge in [0.15, 0.2) is 11.6 Å². The van der Waals surface area contributed by atoms with Gasteiger partial charge in [-0.25, -0.2) is 0 Å². The molecular weight excluding hydrogens is 344 g/mol. The van der Waals surface area contributed by atoms with Gasteiger partial charge in [0.2, 0.25) is 0 Å². The number of ketones is 2. The Morgan fingerprint density at radius 1 is 0.714 bits per heavy atom. The Morgan fingerprint density at radius 3 is 1.82 bits per heavy atom. The summed E-state index contributed by atoms with van der Waals surface area (Å²) < 4.78 is 0. The summed E-state index contributed by atoms with van der Waals surface area (Å²) in [6.07, 6.45) is 1.75. The maximum atomic E-state index is 13.5. The van der Waals surface area contributed by atoms with Gasteiger partial charge in [-0.05, 0) is 35.4 Å². The number of Topliss-reactive ketones (excluding diaryl/α,β-unsaturated/α-hetero) is 2. The predicted molar refractivity (Wildman–Crippen MR) is 110 cm³/mol. The van der Waals surface area contributed by atoms with E-state index in [4.69, 9.17) is 0 Å². The second kappa shape index (κ2) is 6.27. The molecule has 2 aliphatic carbocycles. The molecule has 0 heterocycles. The van der Waals surface area contributed by atoms with E-state index in [1.54, 1.807) is 12.1 Å². The average Bonchev–Trinajstić information content (AvgIpc) is 3.36. The van der Waals surface area contributed by atoms with Gasteiger partial charge >= 0.3 is 0 Å². The lowest BCUT2D eigenvalue weighted by molar-refractivity contribution is 0.0795. The van der Waals surface area contributed by atoms with E-state index in [0.29, 0.717) is 11.1 Å². The summed E-state index contributed by atoms with van der Waals surface area (Å²) in [5, 5.41) is 0. The lowest BCUT2D eigenvalue weighted by atomic mass is 9.92. The van der Waals surface area contributed by atoms with Gasteiger partial charge in [0.25, 0.3) is 0 Å². The molecule has 0 saturated heterocycles. The van der Waals surface area contributed by atoms with Crippen LogP contribution in [0.4, 0.5) is 0 Å². The maximum Gasteiger partial charge on any atom is 0.178 e. The minimum Gasteiger partial charge on any atom is -0.293 e. The molecule has 1 fully saturated rings. The maximum absolute atomic E-state index is 13.5. The standard InChI is InChI=1S/C26H22O2/c1-2-17-12-14-18(15-13-17)16-22-23(19-8-4-3-5-9-19)26(22)24(27)20-10-6-7-11-21(20)25(26)28/h3-15,22-23H,2,16H2,1H3. The molecule has 0 aliphatic heterocycles. The first kappa shape index (κ1) is 17.1. The minimum absolute atomic E-state index is 0.00905. The summed E-state index contributed by atoms with van der Waals surface area (Å²) in [6.45, 7) is 2.14. The largest absolute Gasteiger partial charge is 0.293 e. The second-order valence-corrected chi connectivity index (χ2v) is 7.94. The number of carbonyl (C=O) groups excluding carboxylic acids is 2. The van der Waals surface area contributed by atoms with Crippen molar-refractivity contribution >= 4 is 11.6 Å². The van der Waals surface area contributed by atoms with Crippen molar-refractivity contribution in [2.45, 2.75) is 25.7 Å². The minimum atomic E-state index is -0.922. The summed E-state index contributed by atoms with van der Waals surface area (Å²) >= 11 is 0. The average molecular weight is 366 g/mol. The van der Waals surface area contributed by atoms with Gasteiger partial charge in [-0.1, -0.05) is 85.8 Å². The van der Waals surface area contributed by atoms with Crippen molar-refractivity contribution in [1.29, 1.82) is 0 Å². The van der Waals surface area contributed by atoms with Gasteiger partial charge in [-0.15, -0.1) is 0 Å². The lowest BCUT2D eigenvalue weighted by Crippen LogP contribution is -2.21. The van der Waals surface area contributed by atoms with E-state index in [1.807, 2.05) is 30.3 Å². The molecule has 0 N–H and O–H groups in total. The molecule has 2 unspecified atom stereocenters. The van der Waals surface area contributed by atoms with Crippen molar-refractivity contribution < 1.29 is 9.59 Å². The fraction of sp³-hybridized carbons (Fsp3) is 0.231. The highest BCUT2D eigenvalue weighted by atomic mass is 16.2. The van der Waals surface area contributed by atoms with Crippen LogP contribution in [0.3, 0.4) is 0 Å². The highest BCUT2D eigenvalue weighted by Crippen LogP contribution is 2.70. The SMILES string of the molecule is CCc1ccc(CC2C(c3ccccc3)C23C(=O)c2ccccc2C3=O)cc1. The zero-order chi connectivity index (χ0) is 19.3. The Hall–Kier alpha value is -3.00. The molecule has 0 radical (unpaired) electrons. The third-order valence-electron chi connectivity index (χ3n) is 6.58. The normalized spacial score (nSPS) is 21.8. The van der Waals surface area contributed by atoms with Crippen LogP contribution in [0, 0.1) is 11.3 Å². The fourth-order valence-corrected chi connectivity index (χ4v) is 5.11. The monoisotopic (exact) mass is 366 g/mol. The number of hydrogen-bond acceptors (Lipinski definition) is 2. The summed E-state index contributed by atoms with van der Waals surface area (Å²) in [6, 6.07) is 25.9. The van der Waals surface area contributed by atoms with Crippen molar-refractivity contribution in [1.82, 2.24) is 0 Å². The van der Waals surface area contributed by atoms with Crippen LogP contribution in [-0.2, 0) is 12.8 Å². The molecule has 2 atom stereocenters. The van der Waals surface area contributed by atoms with E-state index in [-0.39, 0.29) is 23.4 Å². The zero-order valence-electron chi connectivity index (χ0n) is 15.9. The molecule has 2 aliphatic rings. The van der Waals surface area contributed by atoms with Gasteiger partial charge in [-0.3, -0.25) is 9.59 Å². The van der Waals surface area contributed by atoms with Crippen LogP contribution in [0.1, 0.15) is 50.2 Å². The summed E-state index contributed by atoms with van der Waals surface area (Å²) in [5.74, 6) is -0.0176. The Balaban J connectivity index is 1.57. The number of fused-ring (bicyclic) bond motifs is 1. The smallest absolute Gasteiger partial charge is 0.178 e. The first-order valence-corrected chi connectivity index (χ1v) is 9.99. The number of carbonyl (C=O) groups is 2. The van der Waals surface area contributed by atoms with Crippen LogP contribution in [0.5, 0.6) is 0 Å². The highest BCUT2D eigenvalue weighted by molar-refractivity contribution is 6.32. The predicted octanol–water partition coefficient (Wildman–Crippen LogP) is 5.27. The van der Waals surface area contributed by atoms with E-state index in [9.17, 15) is 9.59 Å². The first-order valence-electron chi connectivity index (χ1n) is 9.99. The second-order valence-electron chi connectivity index (χ2n) is 7.94. The molecule has 1 saturated carbocycles. The van der Waals surface area contributed by atoms with E-state index in [1.165, 1.54) is 11.1 Å². The van der Waals surface area contributed by atoms with Crippen LogP contribution in [0.15, 0.2) is 78.9 Å². The van der Waals surface area contributed by atoms with Crippen LogP contribution >= 0.6 is 0 Å². The summed E-state index contributed by atoms with van der Waals surface area (Å²) in [4.78, 5) is 26.9. The van der Waals surface area contributed by atoms with Crippen molar-refractivity contribution in [3.05, 3.63) is 107 Å². The van der Waals surface area contributed by atoms with Crippen LogP contribution in [-0.4, -0.2) is 11.6 Å². The fourth-order valence-electron chi connectivity index (χ4n) is 5.11. The number of aryl methyl sites for hydroxylation is 1. The van der Waals surface area contributed by atoms with Crippen LogP contribution in [0.2, 0.25) is 0 Å². The first-order chi connectivity index (χ1) is 13.7. The highest BCUT2D eigenvalue weighted by Gasteiger charge is 2.76. The molecule has 28 heavy (non-hydrogen) atoms. The molecule has 0 bridgehead atoms. The molecule has 2 heteroatoms. The molecule has 5 rings (SSSR count). The van der Waals surface area contributed by atoms with Crippen molar-refractivity contribution in [2.75, 3.05) is 0 Å². The quantitative estimate of drug-likeness (QED) is 0.590. The molecule has 3 aromatic carbocycles. The Morgan fingerprint density at radius 2 is 1.25 bits per heavy atom. The molecular formula is C26H22O2. The van der Waals surface area contributed by atoms with Gasteiger partial charge in [0.1, 0.15) is 5.41 Å².